The van der Waals surface area contributed by atoms with Crippen molar-refractivity contribution in [2.24, 2.45) is 11.7 Å². The Labute approximate surface area is 136 Å². The molecule has 0 heterocycles. The summed E-state index contributed by atoms with van der Waals surface area (Å²) in [4.78, 5) is 34.6. The summed E-state index contributed by atoms with van der Waals surface area (Å²) in [5.41, 5.74) is 6.78. The van der Waals surface area contributed by atoms with Gasteiger partial charge in [0.15, 0.2) is 0 Å². The molecular weight excluding hydrogens is 294 g/mol. The topological polar surface area (TPSA) is 101 Å². The second-order valence-electron chi connectivity index (χ2n) is 5.95. The smallest absolute Gasteiger partial charge is 0.239 e. The molecule has 1 aromatic carbocycles. The Kier molecular flexibility index (Phi) is 7.97. The Hall–Kier alpha value is -2.21. The Morgan fingerprint density at radius 2 is 1.87 bits per heavy atom. The predicted octanol–water partition coefficient (Wildman–Crippen LogP) is 0.402. The molecule has 126 valence electrons. The Balaban J connectivity index is 2.36. The lowest BCUT2D eigenvalue weighted by molar-refractivity contribution is -0.127. The van der Waals surface area contributed by atoms with Crippen LogP contribution < -0.4 is 16.4 Å². The second kappa shape index (κ2) is 9.74. The summed E-state index contributed by atoms with van der Waals surface area (Å²) in [7, 11) is 0. The van der Waals surface area contributed by atoms with E-state index in [1.165, 1.54) is 0 Å². The maximum Gasteiger partial charge on any atom is 0.239 e. The fourth-order valence-corrected chi connectivity index (χ4v) is 2.17. The Morgan fingerprint density at radius 3 is 2.43 bits per heavy atom. The third-order valence-corrected chi connectivity index (χ3v) is 3.29. The SMILES string of the molecule is CC(C)C[C@H](C=O)NC(=O)CNC(=O)C(N)Cc1ccccc1. The summed E-state index contributed by atoms with van der Waals surface area (Å²) in [6, 6.07) is 8.17. The molecule has 0 aliphatic rings. The van der Waals surface area contributed by atoms with Crippen LogP contribution in [0.1, 0.15) is 25.8 Å². The number of nitrogens with two attached hydrogens (primary N) is 1. The monoisotopic (exact) mass is 319 g/mol. The van der Waals surface area contributed by atoms with Crippen molar-refractivity contribution in [3.63, 3.8) is 0 Å². The zero-order chi connectivity index (χ0) is 17.2. The van der Waals surface area contributed by atoms with Gasteiger partial charge in [-0.25, -0.2) is 0 Å². The highest BCUT2D eigenvalue weighted by molar-refractivity contribution is 5.88. The molecule has 0 saturated heterocycles. The number of aldehydes is 1. The summed E-state index contributed by atoms with van der Waals surface area (Å²) in [5, 5.41) is 5.07. The van der Waals surface area contributed by atoms with Gasteiger partial charge in [-0.3, -0.25) is 9.59 Å². The van der Waals surface area contributed by atoms with Gasteiger partial charge in [0.1, 0.15) is 6.29 Å². The lowest BCUT2D eigenvalue weighted by Crippen LogP contribution is -2.47. The third-order valence-electron chi connectivity index (χ3n) is 3.29. The first kappa shape index (κ1) is 18.8. The molecule has 1 rings (SSSR count). The van der Waals surface area contributed by atoms with E-state index >= 15 is 0 Å². The zero-order valence-electron chi connectivity index (χ0n) is 13.6. The van der Waals surface area contributed by atoms with Crippen LogP contribution in [0.25, 0.3) is 0 Å². The van der Waals surface area contributed by atoms with Crippen LogP contribution in [0.2, 0.25) is 0 Å². The predicted molar refractivity (Wildman–Crippen MR) is 88.6 cm³/mol. The summed E-state index contributed by atoms with van der Waals surface area (Å²) >= 11 is 0. The van der Waals surface area contributed by atoms with Crippen LogP contribution in [0.4, 0.5) is 0 Å². The minimum Gasteiger partial charge on any atom is -0.346 e. The van der Waals surface area contributed by atoms with Crippen molar-refractivity contribution in [2.45, 2.75) is 38.8 Å². The van der Waals surface area contributed by atoms with E-state index in [1.54, 1.807) is 0 Å². The van der Waals surface area contributed by atoms with Gasteiger partial charge >= 0.3 is 0 Å². The van der Waals surface area contributed by atoms with Gasteiger partial charge in [0.2, 0.25) is 11.8 Å². The number of rotatable bonds is 9. The molecule has 0 saturated carbocycles. The van der Waals surface area contributed by atoms with Crippen LogP contribution in [-0.2, 0) is 20.8 Å². The Morgan fingerprint density at radius 1 is 1.22 bits per heavy atom. The number of carbonyl (C=O) groups is 3. The number of hydrogen-bond donors (Lipinski definition) is 3. The van der Waals surface area contributed by atoms with E-state index in [0.29, 0.717) is 25.0 Å². The molecule has 1 unspecified atom stereocenters. The van der Waals surface area contributed by atoms with Crippen molar-refractivity contribution in [1.29, 1.82) is 0 Å². The number of benzene rings is 1. The lowest BCUT2D eigenvalue weighted by Gasteiger charge is -2.16. The standard InChI is InChI=1S/C17H25N3O3/c1-12(2)8-14(11-21)20-16(22)10-19-17(23)15(18)9-13-6-4-3-5-7-13/h3-7,11-12,14-15H,8-10,18H2,1-2H3,(H,19,23)(H,20,22)/t14-,15?/m1/s1. The maximum absolute atomic E-state index is 11.9. The minimum atomic E-state index is -0.720. The van der Waals surface area contributed by atoms with E-state index in [0.717, 1.165) is 5.56 Å². The van der Waals surface area contributed by atoms with Crippen molar-refractivity contribution in [2.75, 3.05) is 6.54 Å². The largest absolute Gasteiger partial charge is 0.346 e. The quantitative estimate of drug-likeness (QED) is 0.574. The maximum atomic E-state index is 11.9. The third kappa shape index (κ3) is 7.56. The van der Waals surface area contributed by atoms with Crippen LogP contribution in [0.3, 0.4) is 0 Å². The molecule has 0 aliphatic heterocycles. The first-order chi connectivity index (χ1) is 10.9. The summed E-state index contributed by atoms with van der Waals surface area (Å²) in [6.45, 7) is 3.74. The molecule has 0 radical (unpaired) electrons. The molecule has 1 aromatic rings. The van der Waals surface area contributed by atoms with Gasteiger partial charge in [0, 0.05) is 0 Å². The molecule has 0 fully saturated rings. The van der Waals surface area contributed by atoms with Crippen LogP contribution >= 0.6 is 0 Å². The summed E-state index contributed by atoms with van der Waals surface area (Å²) in [6.07, 6.45) is 1.68. The fraction of sp³-hybridized carbons (Fsp3) is 0.471. The van der Waals surface area contributed by atoms with E-state index in [1.807, 2.05) is 44.2 Å². The van der Waals surface area contributed by atoms with Crippen molar-refractivity contribution in [3.05, 3.63) is 35.9 Å². The molecule has 0 aromatic heterocycles. The summed E-state index contributed by atoms with van der Waals surface area (Å²) < 4.78 is 0. The Bertz CT molecular complexity index is 517. The second-order valence-corrected chi connectivity index (χ2v) is 5.95. The first-order valence-electron chi connectivity index (χ1n) is 7.74. The van der Waals surface area contributed by atoms with Gasteiger partial charge in [-0.1, -0.05) is 44.2 Å². The van der Waals surface area contributed by atoms with Gasteiger partial charge in [0.25, 0.3) is 0 Å². The highest BCUT2D eigenvalue weighted by Gasteiger charge is 2.17. The lowest BCUT2D eigenvalue weighted by atomic mass is 10.0. The molecule has 23 heavy (non-hydrogen) atoms. The van der Waals surface area contributed by atoms with E-state index in [-0.39, 0.29) is 6.54 Å². The number of amides is 2. The van der Waals surface area contributed by atoms with Crippen LogP contribution in [0.5, 0.6) is 0 Å². The molecule has 6 heteroatoms. The van der Waals surface area contributed by atoms with Gasteiger partial charge in [-0.2, -0.15) is 0 Å². The molecule has 2 amide bonds. The molecule has 6 nitrogen and oxygen atoms in total. The van der Waals surface area contributed by atoms with Gasteiger partial charge in [0.05, 0.1) is 18.6 Å². The van der Waals surface area contributed by atoms with Crippen LogP contribution in [0.15, 0.2) is 30.3 Å². The van der Waals surface area contributed by atoms with E-state index < -0.39 is 23.9 Å². The van der Waals surface area contributed by atoms with Crippen LogP contribution in [-0.4, -0.2) is 36.7 Å². The molecule has 4 N–H and O–H groups in total. The van der Waals surface area contributed by atoms with E-state index in [4.69, 9.17) is 5.73 Å². The van der Waals surface area contributed by atoms with E-state index in [9.17, 15) is 14.4 Å². The molecule has 0 bridgehead atoms. The molecule has 0 aliphatic carbocycles. The van der Waals surface area contributed by atoms with Gasteiger partial charge in [-0.05, 0) is 24.3 Å². The van der Waals surface area contributed by atoms with Crippen molar-refractivity contribution < 1.29 is 14.4 Å². The molecule has 0 spiro atoms. The number of hydrogen-bond acceptors (Lipinski definition) is 4. The first-order valence-corrected chi connectivity index (χ1v) is 7.74. The van der Waals surface area contributed by atoms with Crippen LogP contribution in [0, 0.1) is 5.92 Å². The normalized spacial score (nSPS) is 13.2. The van der Waals surface area contributed by atoms with Crippen molar-refractivity contribution >= 4 is 18.1 Å². The van der Waals surface area contributed by atoms with E-state index in [2.05, 4.69) is 10.6 Å². The van der Waals surface area contributed by atoms with Gasteiger partial charge < -0.3 is 21.2 Å². The highest BCUT2D eigenvalue weighted by Crippen LogP contribution is 2.03. The molecule has 2 atom stereocenters. The zero-order valence-corrected chi connectivity index (χ0v) is 13.6. The van der Waals surface area contributed by atoms with Gasteiger partial charge in [-0.15, -0.1) is 0 Å². The average Bonchev–Trinajstić information content (AvgIpc) is 2.52. The fourth-order valence-electron chi connectivity index (χ4n) is 2.17. The average molecular weight is 319 g/mol. The minimum absolute atomic E-state index is 0.191. The van der Waals surface area contributed by atoms with Crippen molar-refractivity contribution in [1.82, 2.24) is 10.6 Å². The number of nitrogens with one attached hydrogen (secondary N) is 2. The number of carbonyl (C=O) groups excluding carboxylic acids is 3. The molecular formula is C17H25N3O3. The highest BCUT2D eigenvalue weighted by atomic mass is 16.2. The van der Waals surface area contributed by atoms with Crippen molar-refractivity contribution in [3.8, 4) is 0 Å². The summed E-state index contributed by atoms with van der Waals surface area (Å²) in [5.74, 6) is -0.502.